The van der Waals surface area contributed by atoms with Crippen LogP contribution in [-0.2, 0) is 0 Å². The molecule has 0 saturated carbocycles. The summed E-state index contributed by atoms with van der Waals surface area (Å²) in [6, 6.07) is 0.713. The molecular formula is C12H25N3. The number of piperazine rings is 1. The zero-order chi connectivity index (χ0) is 10.9. The molecule has 2 saturated heterocycles. The van der Waals surface area contributed by atoms with Crippen LogP contribution in [0.4, 0.5) is 0 Å². The van der Waals surface area contributed by atoms with Crippen molar-refractivity contribution in [2.45, 2.75) is 38.3 Å². The first-order valence-corrected chi connectivity index (χ1v) is 6.28. The van der Waals surface area contributed by atoms with Gasteiger partial charge in [-0.15, -0.1) is 0 Å². The number of nitrogens with one attached hydrogen (secondary N) is 1. The Morgan fingerprint density at radius 2 is 1.87 bits per heavy atom. The molecule has 0 aromatic rings. The molecule has 2 aliphatic rings. The third-order valence-corrected chi connectivity index (χ3v) is 4.40. The normalized spacial score (nSPS) is 34.2. The van der Waals surface area contributed by atoms with E-state index < -0.39 is 0 Å². The molecule has 0 spiro atoms. The van der Waals surface area contributed by atoms with Crippen molar-refractivity contribution >= 4 is 0 Å². The molecule has 0 radical (unpaired) electrons. The Balaban J connectivity index is 1.97. The van der Waals surface area contributed by atoms with Crippen LogP contribution in [0, 0.1) is 0 Å². The van der Waals surface area contributed by atoms with E-state index in [4.69, 9.17) is 0 Å². The predicted octanol–water partition coefficient (Wildman–Crippen LogP) is 0.764. The number of hydrogen-bond acceptors (Lipinski definition) is 3. The van der Waals surface area contributed by atoms with E-state index in [9.17, 15) is 0 Å². The summed E-state index contributed by atoms with van der Waals surface area (Å²) in [6.45, 7) is 10.9. The van der Waals surface area contributed by atoms with Gasteiger partial charge in [-0.2, -0.15) is 0 Å². The molecule has 0 aliphatic carbocycles. The van der Waals surface area contributed by atoms with Crippen LogP contribution in [0.15, 0.2) is 0 Å². The largest absolute Gasteiger partial charge is 0.317 e. The zero-order valence-electron chi connectivity index (χ0n) is 10.4. The minimum absolute atomic E-state index is 0.459. The number of nitrogens with zero attached hydrogens (tertiary/aromatic N) is 2. The fraction of sp³-hybridized carbons (Fsp3) is 1.00. The molecule has 15 heavy (non-hydrogen) atoms. The Hall–Kier alpha value is -0.120. The third-order valence-electron chi connectivity index (χ3n) is 4.40. The van der Waals surface area contributed by atoms with Crippen molar-refractivity contribution in [2.75, 3.05) is 39.8 Å². The van der Waals surface area contributed by atoms with E-state index in [1.807, 2.05) is 0 Å². The summed E-state index contributed by atoms with van der Waals surface area (Å²) in [5, 5.41) is 3.46. The number of piperidine rings is 1. The molecule has 88 valence electrons. The summed E-state index contributed by atoms with van der Waals surface area (Å²) >= 11 is 0. The summed E-state index contributed by atoms with van der Waals surface area (Å²) < 4.78 is 0. The second-order valence-corrected chi connectivity index (χ2v) is 5.52. The van der Waals surface area contributed by atoms with Crippen LogP contribution >= 0.6 is 0 Å². The van der Waals surface area contributed by atoms with E-state index in [0.717, 1.165) is 0 Å². The van der Waals surface area contributed by atoms with E-state index in [-0.39, 0.29) is 0 Å². The highest BCUT2D eigenvalue weighted by Gasteiger charge is 2.36. The smallest absolute Gasteiger partial charge is 0.0206 e. The van der Waals surface area contributed by atoms with Gasteiger partial charge in [-0.3, -0.25) is 4.90 Å². The number of rotatable bonds is 1. The van der Waals surface area contributed by atoms with E-state index in [2.05, 4.69) is 36.0 Å². The summed E-state index contributed by atoms with van der Waals surface area (Å²) in [5.41, 5.74) is 0.459. The second-order valence-electron chi connectivity index (χ2n) is 5.52. The lowest BCUT2D eigenvalue weighted by atomic mass is 9.87. The molecule has 1 N–H and O–H groups in total. The standard InChI is InChI=1S/C12H25N3/c1-11-10-15(9-8-14(11)3)12(2)4-6-13-7-5-12/h11,13H,4-10H2,1-3H3/t11-/m1/s1. The average molecular weight is 211 g/mol. The quantitative estimate of drug-likeness (QED) is 0.691. The Kier molecular flexibility index (Phi) is 3.33. The van der Waals surface area contributed by atoms with Gasteiger partial charge in [0.1, 0.15) is 0 Å². The Bertz CT molecular complexity index is 211. The van der Waals surface area contributed by atoms with Crippen molar-refractivity contribution < 1.29 is 0 Å². The van der Waals surface area contributed by atoms with Crippen LogP contribution in [0.2, 0.25) is 0 Å². The van der Waals surface area contributed by atoms with Gasteiger partial charge in [0.25, 0.3) is 0 Å². The van der Waals surface area contributed by atoms with E-state index in [0.29, 0.717) is 11.6 Å². The Labute approximate surface area is 93.8 Å². The molecule has 0 aromatic carbocycles. The Morgan fingerprint density at radius 1 is 1.20 bits per heavy atom. The second kappa shape index (κ2) is 4.40. The molecular weight excluding hydrogens is 186 g/mol. The summed E-state index contributed by atoms with van der Waals surface area (Å²) in [4.78, 5) is 5.19. The van der Waals surface area contributed by atoms with E-state index in [1.165, 1.54) is 45.6 Å². The lowest BCUT2D eigenvalue weighted by Crippen LogP contribution is -2.60. The molecule has 0 amide bonds. The first kappa shape index (κ1) is 11.4. The lowest BCUT2D eigenvalue weighted by molar-refractivity contribution is 0.00712. The molecule has 3 nitrogen and oxygen atoms in total. The van der Waals surface area contributed by atoms with E-state index in [1.54, 1.807) is 0 Å². The van der Waals surface area contributed by atoms with Crippen LogP contribution < -0.4 is 5.32 Å². The molecule has 0 unspecified atom stereocenters. The van der Waals surface area contributed by atoms with Crippen LogP contribution in [0.3, 0.4) is 0 Å². The van der Waals surface area contributed by atoms with Crippen molar-refractivity contribution in [1.82, 2.24) is 15.1 Å². The molecule has 2 heterocycles. The van der Waals surface area contributed by atoms with Crippen LogP contribution in [0.5, 0.6) is 0 Å². The van der Waals surface area contributed by atoms with Crippen LogP contribution in [-0.4, -0.2) is 61.2 Å². The fourth-order valence-electron chi connectivity index (χ4n) is 2.82. The first-order valence-electron chi connectivity index (χ1n) is 6.28. The Morgan fingerprint density at radius 3 is 2.47 bits per heavy atom. The first-order chi connectivity index (χ1) is 7.12. The van der Waals surface area contributed by atoms with Crippen molar-refractivity contribution in [3.05, 3.63) is 0 Å². The van der Waals surface area contributed by atoms with Crippen molar-refractivity contribution in [2.24, 2.45) is 0 Å². The van der Waals surface area contributed by atoms with Gasteiger partial charge in [-0.25, -0.2) is 0 Å². The van der Waals surface area contributed by atoms with Gasteiger partial charge in [0.05, 0.1) is 0 Å². The molecule has 1 atom stereocenters. The van der Waals surface area contributed by atoms with Gasteiger partial charge in [-0.1, -0.05) is 0 Å². The SMILES string of the molecule is C[C@@H]1CN(C2(C)CCNCC2)CCN1C. The number of likely N-dealkylation sites (N-methyl/N-ethyl adjacent to an activating group) is 1. The molecule has 0 bridgehead atoms. The van der Waals surface area contributed by atoms with Gasteiger partial charge in [0.2, 0.25) is 0 Å². The summed E-state index contributed by atoms with van der Waals surface area (Å²) in [5.74, 6) is 0. The topological polar surface area (TPSA) is 18.5 Å². The number of hydrogen-bond donors (Lipinski definition) is 1. The maximum absolute atomic E-state index is 3.46. The van der Waals surface area contributed by atoms with Crippen molar-refractivity contribution in [3.63, 3.8) is 0 Å². The maximum Gasteiger partial charge on any atom is 0.0206 e. The summed E-state index contributed by atoms with van der Waals surface area (Å²) in [6.07, 6.45) is 2.62. The van der Waals surface area contributed by atoms with Gasteiger partial charge >= 0.3 is 0 Å². The minimum atomic E-state index is 0.459. The van der Waals surface area contributed by atoms with Gasteiger partial charge in [0.15, 0.2) is 0 Å². The van der Waals surface area contributed by atoms with Crippen LogP contribution in [0.25, 0.3) is 0 Å². The average Bonchev–Trinajstić information content (AvgIpc) is 2.23. The van der Waals surface area contributed by atoms with Gasteiger partial charge in [0, 0.05) is 31.2 Å². The van der Waals surface area contributed by atoms with Crippen molar-refractivity contribution in [3.8, 4) is 0 Å². The van der Waals surface area contributed by atoms with E-state index >= 15 is 0 Å². The minimum Gasteiger partial charge on any atom is -0.317 e. The van der Waals surface area contributed by atoms with Crippen molar-refractivity contribution in [1.29, 1.82) is 0 Å². The highest BCUT2D eigenvalue weighted by molar-refractivity contribution is 4.94. The third kappa shape index (κ3) is 2.35. The van der Waals surface area contributed by atoms with Gasteiger partial charge < -0.3 is 10.2 Å². The molecule has 2 aliphatic heterocycles. The molecule has 3 heteroatoms. The molecule has 0 aromatic heterocycles. The molecule has 2 fully saturated rings. The molecule has 2 rings (SSSR count). The highest BCUT2D eigenvalue weighted by Crippen LogP contribution is 2.27. The predicted molar refractivity (Wildman–Crippen MR) is 64.2 cm³/mol. The van der Waals surface area contributed by atoms with Crippen LogP contribution in [0.1, 0.15) is 26.7 Å². The lowest BCUT2D eigenvalue weighted by Gasteiger charge is -2.49. The monoisotopic (exact) mass is 211 g/mol. The fourth-order valence-corrected chi connectivity index (χ4v) is 2.82. The van der Waals surface area contributed by atoms with Gasteiger partial charge in [-0.05, 0) is 46.8 Å². The zero-order valence-corrected chi connectivity index (χ0v) is 10.4. The maximum atomic E-state index is 3.46. The highest BCUT2D eigenvalue weighted by atomic mass is 15.3. The summed E-state index contributed by atoms with van der Waals surface area (Å²) in [7, 11) is 2.24.